The van der Waals surface area contributed by atoms with Crippen LogP contribution in [0, 0.1) is 0 Å². The topological polar surface area (TPSA) is 88.3 Å². The molecule has 0 aliphatic heterocycles. The minimum absolute atomic E-state index is 0.0282. The summed E-state index contributed by atoms with van der Waals surface area (Å²) < 4.78 is 1.29. The van der Waals surface area contributed by atoms with Crippen LogP contribution in [0.3, 0.4) is 0 Å². The van der Waals surface area contributed by atoms with Crippen LogP contribution in [0.5, 0.6) is 0 Å². The maximum Gasteiger partial charge on any atom is 0.358 e. The number of rotatable bonds is 10. The van der Waals surface area contributed by atoms with Crippen molar-refractivity contribution >= 4 is 11.9 Å². The Morgan fingerprint density at radius 1 is 1.32 bits per heavy atom. The normalized spacial score (nSPS) is 12.1. The number of aromatic nitrogens is 3. The summed E-state index contributed by atoms with van der Waals surface area (Å²) in [4.78, 5) is 25.2. The zero-order valence-electron chi connectivity index (χ0n) is 13.7. The van der Waals surface area contributed by atoms with Crippen molar-refractivity contribution in [2.75, 3.05) is 6.54 Å². The zero-order chi connectivity index (χ0) is 16.5. The molecule has 0 fully saturated rings. The third-order valence-electron chi connectivity index (χ3n) is 3.62. The highest BCUT2D eigenvalue weighted by molar-refractivity contribution is 5.84. The maximum absolute atomic E-state index is 12.5. The van der Waals surface area contributed by atoms with E-state index in [0.717, 1.165) is 38.6 Å². The summed E-state index contributed by atoms with van der Waals surface area (Å²) in [6.45, 7) is 7.04. The van der Waals surface area contributed by atoms with Crippen LogP contribution in [0.15, 0.2) is 6.20 Å². The summed E-state index contributed by atoms with van der Waals surface area (Å²) >= 11 is 0. The molecule has 1 rings (SSSR count). The number of amides is 1. The first-order valence-corrected chi connectivity index (χ1v) is 7.92. The molecule has 0 aliphatic carbocycles. The highest BCUT2D eigenvalue weighted by Gasteiger charge is 2.20. The van der Waals surface area contributed by atoms with Crippen LogP contribution in [0.1, 0.15) is 63.4 Å². The molecule has 0 spiro atoms. The number of carbonyl (C=O) groups is 2. The molecule has 0 saturated heterocycles. The van der Waals surface area contributed by atoms with Crippen LogP contribution in [0.25, 0.3) is 0 Å². The van der Waals surface area contributed by atoms with Crippen molar-refractivity contribution in [2.45, 2.75) is 65.5 Å². The predicted molar refractivity (Wildman–Crippen MR) is 82.6 cm³/mol. The summed E-state index contributed by atoms with van der Waals surface area (Å²) in [7, 11) is 0. The molecule has 0 radical (unpaired) electrons. The molecule has 1 heterocycles. The first-order valence-electron chi connectivity index (χ1n) is 7.92. The van der Waals surface area contributed by atoms with Crippen molar-refractivity contribution in [1.29, 1.82) is 0 Å². The highest BCUT2D eigenvalue weighted by Crippen LogP contribution is 2.10. The Hall–Kier alpha value is -1.92. The van der Waals surface area contributed by atoms with E-state index in [1.165, 1.54) is 10.9 Å². The lowest BCUT2D eigenvalue weighted by Gasteiger charge is -2.29. The van der Waals surface area contributed by atoms with E-state index in [2.05, 4.69) is 31.1 Å². The summed E-state index contributed by atoms with van der Waals surface area (Å²) in [6.07, 6.45) is 6.44. The quantitative estimate of drug-likeness (QED) is 0.669. The number of hydrogen-bond donors (Lipinski definition) is 1. The number of carbonyl (C=O) groups excluding carboxylic acids is 1. The van der Waals surface area contributed by atoms with Crippen molar-refractivity contribution in [3.05, 3.63) is 11.9 Å². The van der Waals surface area contributed by atoms with Gasteiger partial charge in [0, 0.05) is 12.6 Å². The Morgan fingerprint density at radius 3 is 2.59 bits per heavy atom. The van der Waals surface area contributed by atoms with E-state index in [-0.39, 0.29) is 24.2 Å². The van der Waals surface area contributed by atoms with Gasteiger partial charge in [0.25, 0.3) is 0 Å². The lowest BCUT2D eigenvalue weighted by molar-refractivity contribution is -0.134. The number of nitrogens with zero attached hydrogens (tertiary/aromatic N) is 4. The van der Waals surface area contributed by atoms with E-state index < -0.39 is 5.97 Å². The molecule has 7 nitrogen and oxygen atoms in total. The second-order valence-electron chi connectivity index (χ2n) is 5.54. The Balaban J connectivity index is 2.70. The van der Waals surface area contributed by atoms with E-state index in [0.29, 0.717) is 0 Å². The summed E-state index contributed by atoms with van der Waals surface area (Å²) in [6, 6.07) is 0.178. The average molecular weight is 310 g/mol. The zero-order valence-corrected chi connectivity index (χ0v) is 13.7. The maximum atomic E-state index is 12.5. The van der Waals surface area contributed by atoms with Crippen molar-refractivity contribution in [3.63, 3.8) is 0 Å². The van der Waals surface area contributed by atoms with Gasteiger partial charge in [-0.05, 0) is 19.8 Å². The van der Waals surface area contributed by atoms with Gasteiger partial charge in [-0.3, -0.25) is 4.79 Å². The number of unbranched alkanes of at least 4 members (excludes halogenated alkanes) is 2. The number of carboxylic acid groups (broad SMARTS) is 1. The van der Waals surface area contributed by atoms with Crippen LogP contribution in [-0.4, -0.2) is 49.5 Å². The van der Waals surface area contributed by atoms with Gasteiger partial charge < -0.3 is 10.0 Å². The third kappa shape index (κ3) is 5.46. The second kappa shape index (κ2) is 9.17. The number of carboxylic acids is 1. The smallest absolute Gasteiger partial charge is 0.358 e. The molecule has 1 amide bonds. The van der Waals surface area contributed by atoms with E-state index in [1.54, 1.807) is 0 Å². The van der Waals surface area contributed by atoms with Crippen molar-refractivity contribution in [3.8, 4) is 0 Å². The number of aromatic carboxylic acids is 1. The fraction of sp³-hybridized carbons (Fsp3) is 0.733. The Bertz CT molecular complexity index is 487. The molecule has 1 atom stereocenters. The molecular formula is C15H26N4O3. The van der Waals surface area contributed by atoms with Gasteiger partial charge in [0.15, 0.2) is 5.69 Å². The molecule has 1 aromatic rings. The molecule has 1 unspecified atom stereocenters. The average Bonchev–Trinajstić information content (AvgIpc) is 2.92. The van der Waals surface area contributed by atoms with Crippen LogP contribution in [-0.2, 0) is 11.3 Å². The lowest BCUT2D eigenvalue weighted by Crippen LogP contribution is -2.41. The molecule has 124 valence electrons. The largest absolute Gasteiger partial charge is 0.476 e. The molecule has 1 N–H and O–H groups in total. The van der Waals surface area contributed by atoms with Gasteiger partial charge >= 0.3 is 5.97 Å². The third-order valence-corrected chi connectivity index (χ3v) is 3.62. The van der Waals surface area contributed by atoms with E-state index in [1.807, 2.05) is 4.90 Å². The molecule has 0 bridgehead atoms. The number of hydrogen-bond acceptors (Lipinski definition) is 4. The van der Waals surface area contributed by atoms with Gasteiger partial charge in [-0.25, -0.2) is 9.48 Å². The van der Waals surface area contributed by atoms with Crippen molar-refractivity contribution in [2.24, 2.45) is 0 Å². The standard InChI is InChI=1S/C15H26N4O3/c1-4-6-7-9-19(12(3)8-5-2)14(20)11-18-10-13(15(21)22)16-17-18/h10,12H,4-9,11H2,1-3H3,(H,21,22). The second-order valence-corrected chi connectivity index (χ2v) is 5.54. The lowest BCUT2D eigenvalue weighted by atomic mass is 10.1. The molecule has 7 heteroatoms. The fourth-order valence-corrected chi connectivity index (χ4v) is 2.40. The Morgan fingerprint density at radius 2 is 2.05 bits per heavy atom. The van der Waals surface area contributed by atoms with E-state index in [9.17, 15) is 9.59 Å². The van der Waals surface area contributed by atoms with Crippen LogP contribution in [0.2, 0.25) is 0 Å². The molecule has 0 aliphatic rings. The van der Waals surface area contributed by atoms with Crippen molar-refractivity contribution < 1.29 is 14.7 Å². The molecule has 0 aromatic carbocycles. The SMILES string of the molecule is CCCCCN(C(=O)Cn1cc(C(=O)O)nn1)C(C)CCC. The minimum atomic E-state index is -1.14. The van der Waals surface area contributed by atoms with Crippen LogP contribution in [0.4, 0.5) is 0 Å². The predicted octanol–water partition coefficient (Wildman–Crippen LogP) is 2.18. The van der Waals surface area contributed by atoms with Gasteiger partial charge in [0.2, 0.25) is 5.91 Å². The molecule has 0 saturated carbocycles. The van der Waals surface area contributed by atoms with Gasteiger partial charge in [-0.2, -0.15) is 0 Å². The van der Waals surface area contributed by atoms with Crippen molar-refractivity contribution in [1.82, 2.24) is 19.9 Å². The summed E-state index contributed by atoms with van der Waals surface area (Å²) in [5, 5.41) is 16.1. The first-order chi connectivity index (χ1) is 10.5. The molecule has 1 aromatic heterocycles. The highest BCUT2D eigenvalue weighted by atomic mass is 16.4. The fourth-order valence-electron chi connectivity index (χ4n) is 2.40. The van der Waals surface area contributed by atoms with Gasteiger partial charge in [0.1, 0.15) is 6.54 Å². The summed E-state index contributed by atoms with van der Waals surface area (Å²) in [5.74, 6) is -1.18. The van der Waals surface area contributed by atoms with Gasteiger partial charge in [-0.15, -0.1) is 5.10 Å². The van der Waals surface area contributed by atoms with E-state index >= 15 is 0 Å². The molecular weight excluding hydrogens is 284 g/mol. The van der Waals surface area contributed by atoms with Crippen LogP contribution < -0.4 is 0 Å². The monoisotopic (exact) mass is 310 g/mol. The first kappa shape index (κ1) is 18.1. The van der Waals surface area contributed by atoms with Gasteiger partial charge in [0.05, 0.1) is 6.20 Å². The Labute approximate surface area is 131 Å². The summed E-state index contributed by atoms with van der Waals surface area (Å²) in [5.41, 5.74) is -0.146. The van der Waals surface area contributed by atoms with Gasteiger partial charge in [-0.1, -0.05) is 38.3 Å². The minimum Gasteiger partial charge on any atom is -0.476 e. The van der Waals surface area contributed by atoms with Crippen LogP contribution >= 0.6 is 0 Å². The molecule has 22 heavy (non-hydrogen) atoms. The Kier molecular flexibility index (Phi) is 7.56. The van der Waals surface area contributed by atoms with E-state index in [4.69, 9.17) is 5.11 Å².